The maximum absolute atomic E-state index is 9.86. The van der Waals surface area contributed by atoms with E-state index in [2.05, 4.69) is 0 Å². The van der Waals surface area contributed by atoms with Crippen LogP contribution in [0.25, 0.3) is 0 Å². The molecule has 0 aliphatic heterocycles. The summed E-state index contributed by atoms with van der Waals surface area (Å²) in [6, 6.07) is 0. The van der Waals surface area contributed by atoms with Gasteiger partial charge in [-0.05, 0) is 52.4 Å². The topological polar surface area (TPSA) is 80.9 Å². The Labute approximate surface area is 136 Å². The summed E-state index contributed by atoms with van der Waals surface area (Å²) < 4.78 is 0. The third-order valence-electron chi connectivity index (χ3n) is 4.14. The number of unbranched alkanes of at least 4 members (excludes halogenated alkanes) is 3. The van der Waals surface area contributed by atoms with Crippen molar-refractivity contribution in [2.45, 2.75) is 115 Å². The van der Waals surface area contributed by atoms with Gasteiger partial charge in [-0.1, -0.05) is 38.5 Å². The van der Waals surface area contributed by atoms with Crippen molar-refractivity contribution in [2.75, 3.05) is 0 Å². The predicted molar refractivity (Wildman–Crippen MR) is 90.8 cm³/mol. The van der Waals surface area contributed by atoms with E-state index >= 15 is 0 Å². The lowest BCUT2D eigenvalue weighted by Gasteiger charge is -2.13. The van der Waals surface area contributed by atoms with Crippen molar-refractivity contribution in [1.29, 1.82) is 0 Å². The quantitative estimate of drug-likeness (QED) is 0.350. The molecule has 0 aromatic heterocycles. The molecule has 22 heavy (non-hydrogen) atoms. The molecule has 0 fully saturated rings. The van der Waals surface area contributed by atoms with Gasteiger partial charge in [0.15, 0.2) is 0 Å². The fourth-order valence-electron chi connectivity index (χ4n) is 2.69. The molecule has 4 N–H and O–H groups in total. The van der Waals surface area contributed by atoms with Gasteiger partial charge in [-0.3, -0.25) is 0 Å². The summed E-state index contributed by atoms with van der Waals surface area (Å²) in [4.78, 5) is 0. The second-order valence-electron chi connectivity index (χ2n) is 6.86. The SMILES string of the molecule is C[C@H](O)CCCC[C@H](O)CCCC[C@@H](O)CCCC[C@@H](C)O. The van der Waals surface area contributed by atoms with Crippen LogP contribution in [0.15, 0.2) is 0 Å². The fourth-order valence-corrected chi connectivity index (χ4v) is 2.69. The molecular formula is C18H38O4. The molecule has 0 aliphatic rings. The van der Waals surface area contributed by atoms with Gasteiger partial charge in [0.1, 0.15) is 0 Å². The van der Waals surface area contributed by atoms with E-state index in [0.29, 0.717) is 0 Å². The summed E-state index contributed by atoms with van der Waals surface area (Å²) in [6.45, 7) is 3.60. The van der Waals surface area contributed by atoms with Gasteiger partial charge in [-0.25, -0.2) is 0 Å². The molecule has 4 nitrogen and oxygen atoms in total. The molecule has 0 aromatic carbocycles. The van der Waals surface area contributed by atoms with Gasteiger partial charge >= 0.3 is 0 Å². The van der Waals surface area contributed by atoms with E-state index in [-0.39, 0.29) is 24.4 Å². The summed E-state index contributed by atoms with van der Waals surface area (Å²) >= 11 is 0. The van der Waals surface area contributed by atoms with E-state index < -0.39 is 0 Å². The highest BCUT2D eigenvalue weighted by Gasteiger charge is 2.07. The molecule has 4 heteroatoms. The van der Waals surface area contributed by atoms with Crippen molar-refractivity contribution >= 4 is 0 Å². The van der Waals surface area contributed by atoms with Crippen LogP contribution in [0.2, 0.25) is 0 Å². The van der Waals surface area contributed by atoms with E-state index in [4.69, 9.17) is 10.2 Å². The Morgan fingerprint density at radius 1 is 0.455 bits per heavy atom. The van der Waals surface area contributed by atoms with Crippen LogP contribution in [0, 0.1) is 0 Å². The Morgan fingerprint density at radius 2 is 0.682 bits per heavy atom. The molecule has 0 saturated carbocycles. The molecule has 0 bridgehead atoms. The van der Waals surface area contributed by atoms with E-state index in [0.717, 1.165) is 77.0 Å². The molecule has 0 saturated heterocycles. The summed E-state index contributed by atoms with van der Waals surface area (Å²) in [5, 5.41) is 38.0. The zero-order chi connectivity index (χ0) is 16.8. The third-order valence-corrected chi connectivity index (χ3v) is 4.14. The zero-order valence-corrected chi connectivity index (χ0v) is 14.6. The van der Waals surface area contributed by atoms with Crippen LogP contribution in [0.5, 0.6) is 0 Å². The summed E-state index contributed by atoms with van der Waals surface area (Å²) in [5.74, 6) is 0. The Balaban J connectivity index is 3.35. The molecule has 0 aromatic rings. The van der Waals surface area contributed by atoms with Gasteiger partial charge in [0.2, 0.25) is 0 Å². The average Bonchev–Trinajstić information content (AvgIpc) is 2.44. The lowest BCUT2D eigenvalue weighted by atomic mass is 10.0. The minimum atomic E-state index is -0.239. The van der Waals surface area contributed by atoms with Crippen LogP contribution in [-0.2, 0) is 0 Å². The van der Waals surface area contributed by atoms with Crippen molar-refractivity contribution < 1.29 is 20.4 Å². The molecule has 4 atom stereocenters. The molecular weight excluding hydrogens is 280 g/mol. The Kier molecular flexibility index (Phi) is 14.3. The Morgan fingerprint density at radius 3 is 0.909 bits per heavy atom. The van der Waals surface area contributed by atoms with Crippen LogP contribution in [0.1, 0.15) is 90.9 Å². The number of hydrogen-bond acceptors (Lipinski definition) is 4. The molecule has 0 unspecified atom stereocenters. The molecule has 0 radical (unpaired) electrons. The molecule has 0 spiro atoms. The Bertz CT molecular complexity index is 207. The highest BCUT2D eigenvalue weighted by molar-refractivity contribution is 4.61. The Hall–Kier alpha value is -0.160. The lowest BCUT2D eigenvalue weighted by molar-refractivity contribution is 0.128. The van der Waals surface area contributed by atoms with Gasteiger partial charge in [0.25, 0.3) is 0 Å². The molecule has 134 valence electrons. The lowest BCUT2D eigenvalue weighted by Crippen LogP contribution is -2.09. The van der Waals surface area contributed by atoms with Gasteiger partial charge in [0.05, 0.1) is 24.4 Å². The van der Waals surface area contributed by atoms with Crippen LogP contribution >= 0.6 is 0 Å². The summed E-state index contributed by atoms with van der Waals surface area (Å²) in [7, 11) is 0. The van der Waals surface area contributed by atoms with Crippen LogP contribution < -0.4 is 0 Å². The number of rotatable bonds is 15. The first kappa shape index (κ1) is 21.8. The van der Waals surface area contributed by atoms with Crippen molar-refractivity contribution in [3.63, 3.8) is 0 Å². The minimum Gasteiger partial charge on any atom is -0.393 e. The largest absolute Gasteiger partial charge is 0.393 e. The van der Waals surface area contributed by atoms with Crippen molar-refractivity contribution in [3.05, 3.63) is 0 Å². The van der Waals surface area contributed by atoms with E-state index in [1.54, 1.807) is 13.8 Å². The second kappa shape index (κ2) is 14.4. The second-order valence-corrected chi connectivity index (χ2v) is 6.86. The number of aliphatic hydroxyl groups is 4. The average molecular weight is 318 g/mol. The first-order valence-electron chi connectivity index (χ1n) is 9.14. The van der Waals surface area contributed by atoms with Crippen molar-refractivity contribution in [1.82, 2.24) is 0 Å². The van der Waals surface area contributed by atoms with Gasteiger partial charge < -0.3 is 20.4 Å². The molecule has 0 amide bonds. The first-order valence-corrected chi connectivity index (χ1v) is 9.14. The normalized spacial score (nSPS) is 17.2. The van der Waals surface area contributed by atoms with Gasteiger partial charge in [0, 0.05) is 0 Å². The summed E-state index contributed by atoms with van der Waals surface area (Å²) in [6.07, 6.45) is 9.73. The highest BCUT2D eigenvalue weighted by atomic mass is 16.3. The van der Waals surface area contributed by atoms with Crippen molar-refractivity contribution in [3.8, 4) is 0 Å². The summed E-state index contributed by atoms with van der Waals surface area (Å²) in [5.41, 5.74) is 0. The molecule has 0 heterocycles. The smallest absolute Gasteiger partial charge is 0.0540 e. The standard InChI is InChI=1S/C18H38O4/c1-15(19)9-3-5-11-17(21)13-7-8-14-18(22)12-6-4-10-16(2)20/h15-22H,3-14H2,1-2H3/t15-,16+,17-,18-/m0/s1. The minimum absolute atomic E-state index is 0.237. The molecule has 0 aliphatic carbocycles. The number of hydrogen-bond donors (Lipinski definition) is 4. The van der Waals surface area contributed by atoms with E-state index in [1.165, 1.54) is 0 Å². The van der Waals surface area contributed by atoms with E-state index in [9.17, 15) is 10.2 Å². The zero-order valence-electron chi connectivity index (χ0n) is 14.6. The third kappa shape index (κ3) is 16.2. The maximum atomic E-state index is 9.86. The monoisotopic (exact) mass is 318 g/mol. The highest BCUT2D eigenvalue weighted by Crippen LogP contribution is 2.14. The van der Waals surface area contributed by atoms with E-state index in [1.807, 2.05) is 0 Å². The van der Waals surface area contributed by atoms with Crippen LogP contribution in [0.4, 0.5) is 0 Å². The van der Waals surface area contributed by atoms with Crippen LogP contribution in [0.3, 0.4) is 0 Å². The van der Waals surface area contributed by atoms with Crippen LogP contribution in [-0.4, -0.2) is 44.8 Å². The van der Waals surface area contributed by atoms with Gasteiger partial charge in [-0.2, -0.15) is 0 Å². The van der Waals surface area contributed by atoms with Crippen molar-refractivity contribution in [2.24, 2.45) is 0 Å². The predicted octanol–water partition coefficient (Wildman–Crippen LogP) is 3.15. The first-order chi connectivity index (χ1) is 10.4. The maximum Gasteiger partial charge on any atom is 0.0540 e. The fraction of sp³-hybridized carbons (Fsp3) is 1.00. The molecule has 0 rings (SSSR count). The number of aliphatic hydroxyl groups excluding tert-OH is 4. The van der Waals surface area contributed by atoms with Gasteiger partial charge in [-0.15, -0.1) is 0 Å².